The maximum Gasteiger partial charge on any atom is 0.416 e. The minimum absolute atomic E-state index is 0.405. The molecule has 4 rings (SSSR count). The lowest BCUT2D eigenvalue weighted by Gasteiger charge is -2.12. The maximum atomic E-state index is 13.1. The molecule has 136 valence electrons. The third-order valence-corrected chi connectivity index (χ3v) is 4.17. The Kier molecular flexibility index (Phi) is 4.07. The van der Waals surface area contributed by atoms with Crippen molar-refractivity contribution in [3.05, 3.63) is 71.9 Å². The molecule has 0 aliphatic rings. The first-order chi connectivity index (χ1) is 12.9. The molecule has 0 fully saturated rings. The number of alkyl halides is 3. The van der Waals surface area contributed by atoms with E-state index in [2.05, 4.69) is 20.5 Å². The van der Waals surface area contributed by atoms with Gasteiger partial charge in [0.25, 0.3) is 0 Å². The SMILES string of the molecule is Cc1cc(Nc2cc3ccccc3c(-c3cccc(C(F)(F)F)c3)n2)n[nH]1. The summed E-state index contributed by atoms with van der Waals surface area (Å²) in [5.74, 6) is 1.10. The average Bonchev–Trinajstić information content (AvgIpc) is 3.05. The van der Waals surface area contributed by atoms with Gasteiger partial charge in [0.1, 0.15) is 5.82 Å². The number of nitrogens with zero attached hydrogens (tertiary/aromatic N) is 2. The number of hydrogen-bond donors (Lipinski definition) is 2. The van der Waals surface area contributed by atoms with Crippen LogP contribution >= 0.6 is 0 Å². The van der Waals surface area contributed by atoms with Gasteiger partial charge in [-0.1, -0.05) is 36.4 Å². The molecule has 0 saturated heterocycles. The van der Waals surface area contributed by atoms with Crippen LogP contribution in [0.2, 0.25) is 0 Å². The van der Waals surface area contributed by atoms with Gasteiger partial charge in [-0.15, -0.1) is 0 Å². The summed E-state index contributed by atoms with van der Waals surface area (Å²) in [4.78, 5) is 4.57. The van der Waals surface area contributed by atoms with Crippen molar-refractivity contribution in [2.75, 3.05) is 5.32 Å². The van der Waals surface area contributed by atoms with Crippen LogP contribution in [0.1, 0.15) is 11.3 Å². The van der Waals surface area contributed by atoms with Gasteiger partial charge in [0, 0.05) is 22.7 Å². The molecule has 0 bridgehead atoms. The second-order valence-corrected chi connectivity index (χ2v) is 6.22. The fourth-order valence-electron chi connectivity index (χ4n) is 2.94. The molecule has 0 aliphatic heterocycles. The number of hydrogen-bond acceptors (Lipinski definition) is 3. The van der Waals surface area contributed by atoms with Gasteiger partial charge < -0.3 is 5.32 Å². The summed E-state index contributed by atoms with van der Waals surface area (Å²) in [6, 6.07) is 16.3. The molecule has 2 N–H and O–H groups in total. The van der Waals surface area contributed by atoms with Crippen LogP contribution in [-0.2, 0) is 6.18 Å². The Morgan fingerprint density at radius 3 is 2.48 bits per heavy atom. The van der Waals surface area contributed by atoms with Crippen LogP contribution in [0.5, 0.6) is 0 Å². The normalized spacial score (nSPS) is 11.7. The molecule has 0 saturated carbocycles. The fourth-order valence-corrected chi connectivity index (χ4v) is 2.94. The largest absolute Gasteiger partial charge is 0.416 e. The lowest BCUT2D eigenvalue weighted by Crippen LogP contribution is -2.05. The molecular weight excluding hydrogens is 353 g/mol. The van der Waals surface area contributed by atoms with Crippen molar-refractivity contribution < 1.29 is 13.2 Å². The minimum Gasteiger partial charge on any atom is -0.323 e. The molecule has 4 aromatic rings. The van der Waals surface area contributed by atoms with E-state index in [1.165, 1.54) is 6.07 Å². The highest BCUT2D eigenvalue weighted by atomic mass is 19.4. The number of H-pyrrole nitrogens is 1. The Labute approximate surface area is 153 Å². The van der Waals surface area contributed by atoms with E-state index < -0.39 is 11.7 Å². The summed E-state index contributed by atoms with van der Waals surface area (Å²) in [5, 5.41) is 11.7. The lowest BCUT2D eigenvalue weighted by atomic mass is 10.0. The summed E-state index contributed by atoms with van der Waals surface area (Å²) < 4.78 is 39.4. The van der Waals surface area contributed by atoms with Crippen molar-refractivity contribution in [1.82, 2.24) is 15.2 Å². The fraction of sp³-hybridized carbons (Fsp3) is 0.100. The van der Waals surface area contributed by atoms with Gasteiger partial charge in [0.2, 0.25) is 0 Å². The lowest BCUT2D eigenvalue weighted by molar-refractivity contribution is -0.137. The van der Waals surface area contributed by atoms with Crippen LogP contribution in [0.3, 0.4) is 0 Å². The standard InChI is InChI=1S/C20H15F3N4/c1-12-9-18(27-26-12)24-17-11-13-5-2-3-8-16(13)19(25-17)14-6-4-7-15(10-14)20(21,22)23/h2-11H,1H3,(H2,24,25,26,27). The third kappa shape index (κ3) is 3.48. The molecule has 4 nitrogen and oxygen atoms in total. The Balaban J connectivity index is 1.86. The van der Waals surface area contributed by atoms with Gasteiger partial charge in [-0.2, -0.15) is 18.3 Å². The van der Waals surface area contributed by atoms with E-state index in [0.717, 1.165) is 28.6 Å². The monoisotopic (exact) mass is 368 g/mol. The molecular formula is C20H15F3N4. The Bertz CT molecular complexity index is 1120. The van der Waals surface area contributed by atoms with E-state index in [1.54, 1.807) is 6.07 Å². The van der Waals surface area contributed by atoms with Crippen LogP contribution in [0.15, 0.2) is 60.7 Å². The van der Waals surface area contributed by atoms with Crippen molar-refractivity contribution >= 4 is 22.4 Å². The Hall–Kier alpha value is -3.35. The molecule has 0 atom stereocenters. The van der Waals surface area contributed by atoms with E-state index >= 15 is 0 Å². The first-order valence-electron chi connectivity index (χ1n) is 8.26. The number of fused-ring (bicyclic) bond motifs is 1. The second-order valence-electron chi connectivity index (χ2n) is 6.22. The zero-order chi connectivity index (χ0) is 19.0. The van der Waals surface area contributed by atoms with Gasteiger partial charge in [-0.3, -0.25) is 5.10 Å². The highest BCUT2D eigenvalue weighted by Gasteiger charge is 2.30. The van der Waals surface area contributed by atoms with Gasteiger partial charge in [-0.25, -0.2) is 4.98 Å². The molecule has 27 heavy (non-hydrogen) atoms. The molecule has 0 spiro atoms. The number of nitrogens with one attached hydrogen (secondary N) is 2. The van der Waals surface area contributed by atoms with E-state index in [9.17, 15) is 13.2 Å². The predicted molar refractivity (Wildman–Crippen MR) is 98.8 cm³/mol. The molecule has 0 amide bonds. The molecule has 2 aromatic carbocycles. The maximum absolute atomic E-state index is 13.1. The second kappa shape index (κ2) is 6.42. The van der Waals surface area contributed by atoms with Crippen molar-refractivity contribution in [2.45, 2.75) is 13.1 Å². The summed E-state index contributed by atoms with van der Waals surface area (Å²) in [6.07, 6.45) is -4.41. The van der Waals surface area contributed by atoms with Crippen LogP contribution in [-0.4, -0.2) is 15.2 Å². The Morgan fingerprint density at radius 2 is 1.74 bits per heavy atom. The highest BCUT2D eigenvalue weighted by molar-refractivity contribution is 5.96. The van der Waals surface area contributed by atoms with Crippen molar-refractivity contribution in [2.24, 2.45) is 0 Å². The van der Waals surface area contributed by atoms with Crippen molar-refractivity contribution in [3.63, 3.8) is 0 Å². The number of anilines is 2. The third-order valence-electron chi connectivity index (χ3n) is 4.17. The zero-order valence-corrected chi connectivity index (χ0v) is 14.3. The first-order valence-corrected chi connectivity index (χ1v) is 8.26. The Morgan fingerprint density at radius 1 is 0.926 bits per heavy atom. The minimum atomic E-state index is -4.41. The van der Waals surface area contributed by atoms with Crippen molar-refractivity contribution in [3.8, 4) is 11.3 Å². The van der Waals surface area contributed by atoms with Gasteiger partial charge >= 0.3 is 6.18 Å². The van der Waals surface area contributed by atoms with Gasteiger partial charge in [0.15, 0.2) is 5.82 Å². The topological polar surface area (TPSA) is 53.6 Å². The van der Waals surface area contributed by atoms with E-state index in [0.29, 0.717) is 22.9 Å². The van der Waals surface area contributed by atoms with Crippen LogP contribution in [0.25, 0.3) is 22.0 Å². The molecule has 0 aliphatic carbocycles. The van der Waals surface area contributed by atoms with Gasteiger partial charge in [0.05, 0.1) is 11.3 Å². The molecule has 0 unspecified atom stereocenters. The zero-order valence-electron chi connectivity index (χ0n) is 14.3. The molecule has 2 aromatic heterocycles. The molecule has 2 heterocycles. The molecule has 0 radical (unpaired) electrons. The highest BCUT2D eigenvalue weighted by Crippen LogP contribution is 2.34. The van der Waals surface area contributed by atoms with Crippen molar-refractivity contribution in [1.29, 1.82) is 0 Å². The van der Waals surface area contributed by atoms with E-state index in [-0.39, 0.29) is 0 Å². The first kappa shape index (κ1) is 17.1. The summed E-state index contributed by atoms with van der Waals surface area (Å²) in [6.45, 7) is 1.88. The van der Waals surface area contributed by atoms with E-state index in [4.69, 9.17) is 0 Å². The number of benzene rings is 2. The van der Waals surface area contributed by atoms with Crippen LogP contribution in [0.4, 0.5) is 24.8 Å². The number of aromatic amines is 1. The smallest absolute Gasteiger partial charge is 0.323 e. The van der Waals surface area contributed by atoms with Crippen LogP contribution in [0, 0.1) is 6.92 Å². The average molecular weight is 368 g/mol. The quantitative estimate of drug-likeness (QED) is 0.488. The van der Waals surface area contributed by atoms with Gasteiger partial charge in [-0.05, 0) is 30.5 Å². The molecule has 7 heteroatoms. The summed E-state index contributed by atoms with van der Waals surface area (Å²) >= 11 is 0. The summed E-state index contributed by atoms with van der Waals surface area (Å²) in [5.41, 5.74) is 1.07. The number of aromatic nitrogens is 3. The number of pyridine rings is 1. The number of aryl methyl sites for hydroxylation is 1. The predicted octanol–water partition coefficient (Wildman–Crippen LogP) is 5.70. The van der Waals surface area contributed by atoms with Crippen LogP contribution < -0.4 is 5.32 Å². The van der Waals surface area contributed by atoms with E-state index in [1.807, 2.05) is 43.3 Å². The number of halogens is 3. The number of rotatable bonds is 3. The summed E-state index contributed by atoms with van der Waals surface area (Å²) in [7, 11) is 0.